The lowest BCUT2D eigenvalue weighted by atomic mass is 9.73. The molecule has 9 nitrogen and oxygen atoms in total. The second kappa shape index (κ2) is 10.4. The van der Waals surface area contributed by atoms with E-state index >= 15 is 0 Å². The largest absolute Gasteiger partial charge is 0.376 e. The lowest BCUT2D eigenvalue weighted by Crippen LogP contribution is -2.56. The van der Waals surface area contributed by atoms with Crippen molar-refractivity contribution in [2.24, 2.45) is 5.92 Å². The molecular weight excluding hydrogens is 559 g/mol. The minimum atomic E-state index is -2.95. The van der Waals surface area contributed by atoms with E-state index in [1.54, 1.807) is 12.7 Å². The summed E-state index contributed by atoms with van der Waals surface area (Å²) in [5.41, 5.74) is 1.26. The molecule has 3 fully saturated rings. The van der Waals surface area contributed by atoms with E-state index in [-0.39, 0.29) is 25.0 Å². The first-order valence-corrected chi connectivity index (χ1v) is 14.3. The summed E-state index contributed by atoms with van der Waals surface area (Å²) in [6.07, 6.45) is 1.90. The van der Waals surface area contributed by atoms with E-state index < -0.39 is 35.7 Å². The molecule has 7 rings (SSSR count). The molecule has 0 N–H and O–H groups in total. The average molecular weight is 591 g/mol. The Morgan fingerprint density at radius 1 is 1.14 bits per heavy atom. The lowest BCUT2D eigenvalue weighted by molar-refractivity contribution is -0.133. The number of hydrogen-bond donors (Lipinski definition) is 0. The highest BCUT2D eigenvalue weighted by Crippen LogP contribution is 2.51. The summed E-state index contributed by atoms with van der Waals surface area (Å²) in [5.74, 6) is -3.12. The lowest BCUT2D eigenvalue weighted by Gasteiger charge is -2.49. The van der Waals surface area contributed by atoms with Crippen LogP contribution in [0.5, 0.6) is 0 Å². The Morgan fingerprint density at radius 3 is 2.67 bits per heavy atom. The maximum atomic E-state index is 14.6. The summed E-state index contributed by atoms with van der Waals surface area (Å²) >= 11 is 0. The smallest absolute Gasteiger partial charge is 0.266 e. The van der Waals surface area contributed by atoms with Crippen molar-refractivity contribution in [3.63, 3.8) is 0 Å². The van der Waals surface area contributed by atoms with Gasteiger partial charge in [-0.2, -0.15) is 4.98 Å². The zero-order valence-corrected chi connectivity index (χ0v) is 23.0. The van der Waals surface area contributed by atoms with Gasteiger partial charge in [0.2, 0.25) is 5.92 Å². The van der Waals surface area contributed by atoms with Gasteiger partial charge in [0.25, 0.3) is 12.2 Å². The molecule has 3 aliphatic rings. The number of ether oxygens (including phenoxy) is 1. The number of hydrogen-bond acceptors (Lipinski definition) is 7. The molecule has 0 amide bonds. The number of alkyl halides is 4. The number of benzene rings is 1. The number of piperazine rings is 1. The Bertz CT molecular complexity index is 1590. The van der Waals surface area contributed by atoms with Gasteiger partial charge in [0.1, 0.15) is 17.7 Å². The van der Waals surface area contributed by atoms with Crippen molar-refractivity contribution >= 4 is 22.8 Å². The Balaban J connectivity index is 1.19. The van der Waals surface area contributed by atoms with Gasteiger partial charge in [-0.3, -0.25) is 4.90 Å². The van der Waals surface area contributed by atoms with Crippen molar-refractivity contribution in [3.8, 4) is 0 Å². The van der Waals surface area contributed by atoms with Gasteiger partial charge in [0, 0.05) is 51.2 Å². The van der Waals surface area contributed by atoms with Gasteiger partial charge >= 0.3 is 0 Å². The second-order valence-corrected chi connectivity index (χ2v) is 11.7. The fourth-order valence-corrected chi connectivity index (χ4v) is 6.90. The number of rotatable bonds is 7. The van der Waals surface area contributed by atoms with Crippen LogP contribution in [0.1, 0.15) is 56.2 Å². The van der Waals surface area contributed by atoms with Gasteiger partial charge in [-0.25, -0.2) is 31.3 Å². The highest BCUT2D eigenvalue weighted by molar-refractivity contribution is 5.86. The third-order valence-electron chi connectivity index (χ3n) is 8.90. The molecule has 2 saturated heterocycles. The van der Waals surface area contributed by atoms with E-state index in [2.05, 4.69) is 20.0 Å². The van der Waals surface area contributed by atoms with E-state index in [0.29, 0.717) is 48.9 Å². The quantitative estimate of drug-likeness (QED) is 0.280. The molecule has 0 bridgehead atoms. The third-order valence-corrected chi connectivity index (χ3v) is 8.90. The van der Waals surface area contributed by atoms with Crippen LogP contribution in [0.25, 0.3) is 16.9 Å². The average Bonchev–Trinajstić information content (AvgIpc) is 3.69. The molecule has 2 aliphatic heterocycles. The highest BCUT2D eigenvalue weighted by atomic mass is 19.3. The summed E-state index contributed by atoms with van der Waals surface area (Å²) in [4.78, 5) is 13.7. The molecule has 0 radical (unpaired) electrons. The fourth-order valence-electron chi connectivity index (χ4n) is 6.90. The van der Waals surface area contributed by atoms with Crippen LogP contribution >= 0.6 is 0 Å². The molecule has 42 heavy (non-hydrogen) atoms. The summed E-state index contributed by atoms with van der Waals surface area (Å²) in [6.45, 7) is 4.87. The molecule has 1 saturated carbocycles. The Kier molecular flexibility index (Phi) is 6.80. The van der Waals surface area contributed by atoms with E-state index in [4.69, 9.17) is 14.7 Å². The first-order valence-electron chi connectivity index (χ1n) is 14.3. The van der Waals surface area contributed by atoms with Crippen LogP contribution in [0, 0.1) is 11.7 Å². The number of anilines is 1. The van der Waals surface area contributed by atoms with Crippen LogP contribution in [-0.2, 0) is 11.3 Å². The van der Waals surface area contributed by atoms with E-state index in [9.17, 15) is 22.0 Å². The predicted molar refractivity (Wildman–Crippen MR) is 143 cm³/mol. The molecular formula is C28H31F5N8O. The van der Waals surface area contributed by atoms with Gasteiger partial charge in [0.15, 0.2) is 11.5 Å². The van der Waals surface area contributed by atoms with Crippen LogP contribution in [0.4, 0.5) is 27.8 Å². The molecule has 1 unspecified atom stereocenters. The van der Waals surface area contributed by atoms with Crippen LogP contribution in [0.2, 0.25) is 0 Å². The predicted octanol–water partition coefficient (Wildman–Crippen LogP) is 5.03. The zero-order chi connectivity index (χ0) is 29.2. The fraction of sp³-hybridized carbons (Fsp3) is 0.571. The van der Waals surface area contributed by atoms with E-state index in [1.165, 1.54) is 6.07 Å². The van der Waals surface area contributed by atoms with Crippen LogP contribution in [0.15, 0.2) is 30.9 Å². The van der Waals surface area contributed by atoms with Gasteiger partial charge in [-0.15, -0.1) is 10.2 Å². The van der Waals surface area contributed by atoms with Crippen molar-refractivity contribution < 1.29 is 26.7 Å². The van der Waals surface area contributed by atoms with Gasteiger partial charge in [-0.05, 0) is 37.3 Å². The number of nitrogens with zero attached hydrogens (tertiary/aromatic N) is 8. The topological polar surface area (TPSA) is 76.6 Å². The first kappa shape index (κ1) is 27.4. The van der Waals surface area contributed by atoms with Gasteiger partial charge in [0.05, 0.1) is 24.5 Å². The van der Waals surface area contributed by atoms with Crippen molar-refractivity contribution in [2.45, 2.75) is 69.7 Å². The molecule has 4 aromatic rings. The monoisotopic (exact) mass is 590 g/mol. The maximum Gasteiger partial charge on any atom is 0.266 e. The van der Waals surface area contributed by atoms with Crippen molar-refractivity contribution in [1.29, 1.82) is 0 Å². The van der Waals surface area contributed by atoms with E-state index in [1.807, 2.05) is 15.9 Å². The number of fused-ring (bicyclic) bond motifs is 3. The molecule has 1 aromatic carbocycles. The zero-order valence-electron chi connectivity index (χ0n) is 23.0. The van der Waals surface area contributed by atoms with Crippen LogP contribution in [0.3, 0.4) is 0 Å². The first-order chi connectivity index (χ1) is 20.2. The molecule has 0 spiro atoms. The molecule has 14 heteroatoms. The minimum absolute atomic E-state index is 0.100. The molecule has 3 aromatic heterocycles. The maximum absolute atomic E-state index is 14.6. The summed E-state index contributed by atoms with van der Waals surface area (Å²) in [7, 11) is 0. The van der Waals surface area contributed by atoms with Gasteiger partial charge < -0.3 is 14.2 Å². The van der Waals surface area contributed by atoms with Gasteiger partial charge in [-0.1, -0.05) is 12.1 Å². The molecule has 3 atom stereocenters. The van der Waals surface area contributed by atoms with Crippen molar-refractivity contribution in [2.75, 3.05) is 31.1 Å². The SMILES string of the molecule is C[C@H]1CN(C(c2ccc(C(F)F)c(F)c2)C2CC(F)(F)C2)CCN1c1nc2nncn2c2c1ncn2C[C@@H]1CCCO1. The number of halogens is 5. The highest BCUT2D eigenvalue weighted by Gasteiger charge is 2.51. The number of imidazole rings is 1. The number of aromatic nitrogens is 6. The minimum Gasteiger partial charge on any atom is -0.376 e. The standard InChI is InChI=1S/C28H31F5N8O/c1-16-12-38(23(18-10-28(32,33)11-18)17-4-5-20(24(30)31)21(29)9-17)6-7-40(16)25-22-26(41-15-35-37-27(41)36-25)39(14-34-22)13-19-3-2-8-42-19/h4-5,9,14-16,18-19,23-24H,2-3,6-8,10-13H2,1H3/t16-,19-,23?/m0/s1. The summed E-state index contributed by atoms with van der Waals surface area (Å²) in [6, 6.07) is 2.97. The van der Waals surface area contributed by atoms with Crippen molar-refractivity contribution in [1.82, 2.24) is 34.0 Å². The summed E-state index contributed by atoms with van der Waals surface area (Å²) < 4.78 is 78.7. The molecule has 1 aliphatic carbocycles. The molecule has 5 heterocycles. The third kappa shape index (κ3) is 4.77. The normalized spacial score (nSPS) is 24.2. The van der Waals surface area contributed by atoms with Crippen LogP contribution in [-0.4, -0.2) is 78.3 Å². The Morgan fingerprint density at radius 2 is 1.98 bits per heavy atom. The van der Waals surface area contributed by atoms with Crippen LogP contribution < -0.4 is 4.90 Å². The summed E-state index contributed by atoms with van der Waals surface area (Å²) in [5, 5.41) is 8.26. The Labute approximate surface area is 238 Å². The van der Waals surface area contributed by atoms with E-state index in [0.717, 1.165) is 37.2 Å². The Hall–Kier alpha value is -3.39. The second-order valence-electron chi connectivity index (χ2n) is 11.7. The van der Waals surface area contributed by atoms with Crippen molar-refractivity contribution in [3.05, 3.63) is 47.8 Å². The molecule has 224 valence electrons.